The van der Waals surface area contributed by atoms with Gasteiger partial charge in [-0.25, -0.2) is 0 Å². The molecular weight excluding hydrogens is 468 g/mol. The number of para-hydroxylation sites is 1. The predicted octanol–water partition coefficient (Wildman–Crippen LogP) is 3.09. The first-order valence-corrected chi connectivity index (χ1v) is 12.4. The van der Waals surface area contributed by atoms with E-state index in [9.17, 15) is 14.4 Å². The van der Waals surface area contributed by atoms with E-state index < -0.39 is 5.92 Å². The van der Waals surface area contributed by atoms with Crippen LogP contribution in [-0.4, -0.2) is 68.6 Å². The normalized spacial score (nSPS) is 18.5. The van der Waals surface area contributed by atoms with E-state index in [0.29, 0.717) is 22.8 Å². The molecule has 0 bridgehead atoms. The first-order chi connectivity index (χ1) is 16.9. The molecule has 2 aliphatic heterocycles. The van der Waals surface area contributed by atoms with Crippen molar-refractivity contribution in [3.63, 3.8) is 0 Å². The van der Waals surface area contributed by atoms with Gasteiger partial charge in [-0.1, -0.05) is 29.8 Å². The first kappa shape index (κ1) is 25.2. The van der Waals surface area contributed by atoms with Gasteiger partial charge < -0.3 is 20.3 Å². The topological polar surface area (TPSA) is 91.0 Å². The average molecular weight is 499 g/mol. The number of nitrogens with zero attached hydrogens (tertiary/aromatic N) is 2. The van der Waals surface area contributed by atoms with Crippen molar-refractivity contribution in [2.24, 2.45) is 5.92 Å². The number of morpholine rings is 1. The lowest BCUT2D eigenvalue weighted by Crippen LogP contribution is -2.38. The Morgan fingerprint density at radius 1 is 1.11 bits per heavy atom. The standard InChI is InChI=1S/C26H31ClN4O4/c1-18-21(27)7-4-9-23(18)31-17-19(16-24(31)32)25(33)29-22-8-3-2-6-20(22)26(34)28-10-5-11-30-12-14-35-15-13-30/h2-4,6-9,19H,5,10-17H2,1H3,(H,28,34)(H,29,33)/t19-/m1/s1. The van der Waals surface area contributed by atoms with Gasteiger partial charge in [0.15, 0.2) is 0 Å². The van der Waals surface area contributed by atoms with Crippen molar-refractivity contribution in [1.82, 2.24) is 10.2 Å². The molecule has 0 unspecified atom stereocenters. The van der Waals surface area contributed by atoms with E-state index in [1.165, 1.54) is 0 Å². The Hall–Kier alpha value is -2.94. The number of amides is 3. The van der Waals surface area contributed by atoms with Crippen LogP contribution in [0.15, 0.2) is 42.5 Å². The predicted molar refractivity (Wildman–Crippen MR) is 136 cm³/mol. The number of rotatable bonds is 8. The number of hydrogen-bond acceptors (Lipinski definition) is 5. The summed E-state index contributed by atoms with van der Waals surface area (Å²) < 4.78 is 5.36. The van der Waals surface area contributed by atoms with E-state index >= 15 is 0 Å². The van der Waals surface area contributed by atoms with Gasteiger partial charge in [0.05, 0.1) is 30.4 Å². The molecule has 0 aliphatic carbocycles. The van der Waals surface area contributed by atoms with Crippen LogP contribution in [0.4, 0.5) is 11.4 Å². The minimum atomic E-state index is -0.523. The fraction of sp³-hybridized carbons (Fsp3) is 0.423. The maximum Gasteiger partial charge on any atom is 0.253 e. The van der Waals surface area contributed by atoms with Crippen molar-refractivity contribution >= 4 is 40.7 Å². The van der Waals surface area contributed by atoms with Crippen LogP contribution in [0.1, 0.15) is 28.8 Å². The fourth-order valence-corrected chi connectivity index (χ4v) is 4.62. The summed E-state index contributed by atoms with van der Waals surface area (Å²) in [5.41, 5.74) is 2.36. The molecule has 9 heteroatoms. The van der Waals surface area contributed by atoms with E-state index in [1.54, 1.807) is 41.3 Å². The van der Waals surface area contributed by atoms with Crippen molar-refractivity contribution in [2.75, 3.05) is 56.2 Å². The highest BCUT2D eigenvalue weighted by molar-refractivity contribution is 6.31. The SMILES string of the molecule is Cc1c(Cl)cccc1N1C[C@H](C(=O)Nc2ccccc2C(=O)NCCCN2CCOCC2)CC1=O. The average Bonchev–Trinajstić information content (AvgIpc) is 3.26. The Morgan fingerprint density at radius 3 is 2.69 bits per heavy atom. The molecule has 2 aromatic carbocycles. The molecule has 2 N–H and O–H groups in total. The number of nitrogens with one attached hydrogen (secondary N) is 2. The van der Waals surface area contributed by atoms with Gasteiger partial charge in [-0.15, -0.1) is 0 Å². The molecule has 2 fully saturated rings. The number of carbonyl (C=O) groups excluding carboxylic acids is 3. The molecule has 3 amide bonds. The third-order valence-electron chi connectivity index (χ3n) is 6.50. The molecule has 2 heterocycles. The molecule has 0 spiro atoms. The second kappa shape index (κ2) is 11.7. The van der Waals surface area contributed by atoms with Crippen molar-refractivity contribution in [2.45, 2.75) is 19.8 Å². The molecular formula is C26H31ClN4O4. The third-order valence-corrected chi connectivity index (χ3v) is 6.91. The van der Waals surface area contributed by atoms with Crippen molar-refractivity contribution < 1.29 is 19.1 Å². The molecule has 0 saturated carbocycles. The molecule has 8 nitrogen and oxygen atoms in total. The van der Waals surface area contributed by atoms with Gasteiger partial charge >= 0.3 is 0 Å². The van der Waals surface area contributed by atoms with E-state index in [-0.39, 0.29) is 30.7 Å². The Labute approximate surface area is 210 Å². The lowest BCUT2D eigenvalue weighted by atomic mass is 10.1. The van der Waals surface area contributed by atoms with Crippen LogP contribution < -0.4 is 15.5 Å². The quantitative estimate of drug-likeness (QED) is 0.546. The largest absolute Gasteiger partial charge is 0.379 e. The molecule has 0 radical (unpaired) electrons. The number of carbonyl (C=O) groups is 3. The van der Waals surface area contributed by atoms with Crippen LogP contribution >= 0.6 is 11.6 Å². The fourth-order valence-electron chi connectivity index (χ4n) is 4.45. The zero-order valence-electron chi connectivity index (χ0n) is 19.9. The number of hydrogen-bond donors (Lipinski definition) is 2. The first-order valence-electron chi connectivity index (χ1n) is 12.0. The van der Waals surface area contributed by atoms with Gasteiger partial charge in [0.1, 0.15) is 0 Å². The monoisotopic (exact) mass is 498 g/mol. The summed E-state index contributed by atoms with van der Waals surface area (Å²) in [5.74, 6) is -1.16. The molecule has 35 heavy (non-hydrogen) atoms. The summed E-state index contributed by atoms with van der Waals surface area (Å²) in [4.78, 5) is 42.4. The molecule has 2 saturated heterocycles. The second-order valence-electron chi connectivity index (χ2n) is 8.89. The summed E-state index contributed by atoms with van der Waals surface area (Å²) >= 11 is 6.22. The molecule has 2 aliphatic rings. The van der Waals surface area contributed by atoms with Crippen molar-refractivity contribution in [1.29, 1.82) is 0 Å². The highest BCUT2D eigenvalue weighted by Gasteiger charge is 2.36. The number of ether oxygens (including phenoxy) is 1. The zero-order valence-corrected chi connectivity index (χ0v) is 20.6. The lowest BCUT2D eigenvalue weighted by Gasteiger charge is -2.26. The number of anilines is 2. The molecule has 0 aromatic heterocycles. The number of halogens is 1. The zero-order chi connectivity index (χ0) is 24.8. The Morgan fingerprint density at radius 2 is 1.89 bits per heavy atom. The van der Waals surface area contributed by atoms with Gasteiger partial charge in [0.25, 0.3) is 5.91 Å². The summed E-state index contributed by atoms with van der Waals surface area (Å²) in [7, 11) is 0. The van der Waals surface area contributed by atoms with Crippen LogP contribution in [0.3, 0.4) is 0 Å². The molecule has 1 atom stereocenters. The van der Waals surface area contributed by atoms with Crippen LogP contribution in [0.2, 0.25) is 5.02 Å². The van der Waals surface area contributed by atoms with Gasteiger partial charge in [0, 0.05) is 43.3 Å². The van der Waals surface area contributed by atoms with Crippen LogP contribution in [0.5, 0.6) is 0 Å². The van der Waals surface area contributed by atoms with Gasteiger partial charge in [-0.2, -0.15) is 0 Å². The highest BCUT2D eigenvalue weighted by Crippen LogP contribution is 2.32. The summed E-state index contributed by atoms with van der Waals surface area (Å²) in [6, 6.07) is 12.3. The van der Waals surface area contributed by atoms with E-state index in [2.05, 4.69) is 15.5 Å². The Balaban J connectivity index is 1.33. The van der Waals surface area contributed by atoms with E-state index in [0.717, 1.165) is 50.5 Å². The van der Waals surface area contributed by atoms with Gasteiger partial charge in [-0.05, 0) is 49.7 Å². The second-order valence-corrected chi connectivity index (χ2v) is 9.29. The van der Waals surface area contributed by atoms with E-state index in [4.69, 9.17) is 16.3 Å². The summed E-state index contributed by atoms with van der Waals surface area (Å²) in [6.07, 6.45) is 0.941. The molecule has 186 valence electrons. The molecule has 2 aromatic rings. The minimum Gasteiger partial charge on any atom is -0.379 e. The van der Waals surface area contributed by atoms with Crippen LogP contribution in [0.25, 0.3) is 0 Å². The van der Waals surface area contributed by atoms with Crippen LogP contribution in [-0.2, 0) is 14.3 Å². The Bertz CT molecular complexity index is 1090. The lowest BCUT2D eigenvalue weighted by molar-refractivity contribution is -0.122. The highest BCUT2D eigenvalue weighted by atomic mass is 35.5. The number of benzene rings is 2. The maximum absolute atomic E-state index is 13.0. The van der Waals surface area contributed by atoms with Crippen LogP contribution in [0, 0.1) is 12.8 Å². The smallest absolute Gasteiger partial charge is 0.253 e. The van der Waals surface area contributed by atoms with E-state index in [1.807, 2.05) is 13.0 Å². The van der Waals surface area contributed by atoms with Crippen molar-refractivity contribution in [3.8, 4) is 0 Å². The van der Waals surface area contributed by atoms with Crippen molar-refractivity contribution in [3.05, 3.63) is 58.6 Å². The molecule has 4 rings (SSSR count). The third kappa shape index (κ3) is 6.20. The summed E-state index contributed by atoms with van der Waals surface area (Å²) in [5, 5.41) is 6.39. The Kier molecular flexibility index (Phi) is 8.38. The van der Waals surface area contributed by atoms with Gasteiger partial charge in [0.2, 0.25) is 11.8 Å². The summed E-state index contributed by atoms with van der Waals surface area (Å²) in [6.45, 7) is 6.91. The minimum absolute atomic E-state index is 0.105. The maximum atomic E-state index is 13.0. The van der Waals surface area contributed by atoms with Gasteiger partial charge in [-0.3, -0.25) is 19.3 Å².